The minimum atomic E-state index is -1.68. The quantitative estimate of drug-likeness (QED) is 0.114. The second-order valence-corrected chi connectivity index (χ2v) is 11.1. The zero-order chi connectivity index (χ0) is 31.7. The molecule has 2 aliphatic heterocycles. The fourth-order valence-corrected chi connectivity index (χ4v) is 4.56. The molecule has 0 unspecified atom stereocenters. The number of carbonyl (C=O) groups is 1. The van der Waals surface area contributed by atoms with Crippen molar-refractivity contribution in [1.82, 2.24) is 0 Å². The summed E-state index contributed by atoms with van der Waals surface area (Å²) in [6, 6.07) is 6.15. The van der Waals surface area contributed by atoms with Gasteiger partial charge < -0.3 is 54.3 Å². The molecule has 2 heterocycles. The van der Waals surface area contributed by atoms with E-state index in [0.717, 1.165) is 18.4 Å². The molecule has 0 saturated carbocycles. The molecule has 0 spiro atoms. The summed E-state index contributed by atoms with van der Waals surface area (Å²) in [4.78, 5) is 12.4. The van der Waals surface area contributed by atoms with Crippen LogP contribution in [0.4, 0.5) is 0 Å². The van der Waals surface area contributed by atoms with Gasteiger partial charge in [0.05, 0.1) is 12.7 Å². The van der Waals surface area contributed by atoms with Gasteiger partial charge in [-0.2, -0.15) is 0 Å². The Kier molecular flexibility index (Phi) is 13.3. The first-order valence-electron chi connectivity index (χ1n) is 14.3. The van der Waals surface area contributed by atoms with E-state index in [1.54, 1.807) is 12.1 Å². The van der Waals surface area contributed by atoms with E-state index in [2.05, 4.69) is 6.08 Å². The summed E-state index contributed by atoms with van der Waals surface area (Å²) in [5.41, 5.74) is 2.92. The van der Waals surface area contributed by atoms with Gasteiger partial charge in [-0.3, -0.25) is 0 Å². The number of allylic oxidation sites excluding steroid dienone is 3. The Morgan fingerprint density at radius 1 is 0.884 bits per heavy atom. The van der Waals surface area contributed by atoms with Gasteiger partial charge in [0, 0.05) is 6.08 Å². The molecule has 12 nitrogen and oxygen atoms in total. The van der Waals surface area contributed by atoms with Gasteiger partial charge in [0.25, 0.3) is 0 Å². The second-order valence-electron chi connectivity index (χ2n) is 11.1. The Labute approximate surface area is 251 Å². The third-order valence-corrected chi connectivity index (χ3v) is 7.22. The van der Waals surface area contributed by atoms with Gasteiger partial charge in [0.1, 0.15) is 55.1 Å². The van der Waals surface area contributed by atoms with Crippen molar-refractivity contribution in [2.75, 3.05) is 13.2 Å². The molecule has 0 aromatic heterocycles. The zero-order valence-electron chi connectivity index (χ0n) is 24.9. The Morgan fingerprint density at radius 2 is 1.58 bits per heavy atom. The van der Waals surface area contributed by atoms with E-state index in [-0.39, 0.29) is 12.4 Å². The number of carbonyl (C=O) groups excluding carboxylic acids is 1. The van der Waals surface area contributed by atoms with Crippen LogP contribution in [0, 0.1) is 0 Å². The summed E-state index contributed by atoms with van der Waals surface area (Å²) >= 11 is 0. The number of phenolic OH excluding ortho intramolecular Hbond substituents is 1. The first-order valence-corrected chi connectivity index (χ1v) is 14.3. The second kappa shape index (κ2) is 16.4. The van der Waals surface area contributed by atoms with Crippen LogP contribution in [0.1, 0.15) is 46.1 Å². The lowest BCUT2D eigenvalue weighted by molar-refractivity contribution is -0.356. The molecule has 3 rings (SSSR count). The van der Waals surface area contributed by atoms with Crippen LogP contribution < -0.4 is 0 Å². The number of esters is 1. The lowest BCUT2D eigenvalue weighted by Crippen LogP contribution is -2.64. The average molecular weight is 609 g/mol. The summed E-state index contributed by atoms with van der Waals surface area (Å²) in [7, 11) is 0. The molecule has 2 fully saturated rings. The first kappa shape index (κ1) is 34.8. The van der Waals surface area contributed by atoms with E-state index >= 15 is 0 Å². The van der Waals surface area contributed by atoms with Gasteiger partial charge in [-0.05, 0) is 64.3 Å². The predicted octanol–water partition coefficient (Wildman–Crippen LogP) is 1.32. The summed E-state index contributed by atoms with van der Waals surface area (Å²) in [6.45, 7) is 7.11. The molecular weight excluding hydrogens is 564 g/mol. The molecule has 0 radical (unpaired) electrons. The van der Waals surface area contributed by atoms with E-state index in [0.29, 0.717) is 5.56 Å². The number of rotatable bonds is 12. The summed E-state index contributed by atoms with van der Waals surface area (Å²) in [5.74, 6) is -0.656. The van der Waals surface area contributed by atoms with Gasteiger partial charge in [0.2, 0.25) is 0 Å². The maximum atomic E-state index is 12.4. The summed E-state index contributed by atoms with van der Waals surface area (Å²) in [6.07, 6.45) is -5.88. The first-order chi connectivity index (χ1) is 20.4. The predicted molar refractivity (Wildman–Crippen MR) is 154 cm³/mol. The number of ether oxygens (including phenoxy) is 5. The normalized spacial score (nSPS) is 33.4. The van der Waals surface area contributed by atoms with Crippen LogP contribution in [-0.4, -0.2) is 111 Å². The van der Waals surface area contributed by atoms with Crippen LogP contribution in [0.5, 0.6) is 5.75 Å². The van der Waals surface area contributed by atoms with Gasteiger partial charge in [-0.15, -0.1) is 0 Å². The summed E-state index contributed by atoms with van der Waals surface area (Å²) in [5, 5.41) is 62.1. The van der Waals surface area contributed by atoms with Gasteiger partial charge in [0.15, 0.2) is 12.6 Å². The fourth-order valence-electron chi connectivity index (χ4n) is 4.56. The average Bonchev–Trinajstić information content (AvgIpc) is 2.96. The monoisotopic (exact) mass is 608 g/mol. The lowest BCUT2D eigenvalue weighted by Gasteiger charge is -2.45. The third-order valence-electron chi connectivity index (χ3n) is 7.22. The molecule has 0 aliphatic carbocycles. The van der Waals surface area contributed by atoms with Crippen LogP contribution in [0.15, 0.2) is 53.6 Å². The van der Waals surface area contributed by atoms with Gasteiger partial charge in [-0.1, -0.05) is 35.4 Å². The van der Waals surface area contributed by atoms with E-state index < -0.39 is 74.0 Å². The standard InChI is InChI=1S/C31H44O12/c1-17(2)6-5-7-18(3)14-15-39-30-28(38)29(43-31-27(37)26(36)24(34)19(4)41-31)25(35)22(42-30)16-40-23(33)13-10-20-8-11-21(32)12-9-20/h6,8-14,19,22,24-32,34-38H,5,7,15-16H2,1-4H3/b13-10-,18-14+/t19-,22+,24-,25+,26+,27+,28+,29-,30+,31-/m0/s1. The smallest absolute Gasteiger partial charge is 0.330 e. The van der Waals surface area contributed by atoms with Crippen LogP contribution in [0.25, 0.3) is 6.08 Å². The van der Waals surface area contributed by atoms with E-state index in [9.17, 15) is 35.4 Å². The van der Waals surface area contributed by atoms with Crippen LogP contribution >= 0.6 is 0 Å². The van der Waals surface area contributed by atoms with Crippen molar-refractivity contribution in [3.8, 4) is 5.75 Å². The van der Waals surface area contributed by atoms with Crippen molar-refractivity contribution in [3.05, 3.63) is 59.2 Å². The fraction of sp³-hybridized carbons (Fsp3) is 0.581. The number of aliphatic hydroxyl groups excluding tert-OH is 5. The molecule has 240 valence electrons. The van der Waals surface area contributed by atoms with Crippen molar-refractivity contribution in [2.45, 2.75) is 102 Å². The van der Waals surface area contributed by atoms with Gasteiger partial charge in [-0.25, -0.2) is 4.79 Å². The Morgan fingerprint density at radius 3 is 2.26 bits per heavy atom. The SMILES string of the molecule is CC(C)=CCC/C(C)=C/CO[C@@H]1O[C@H](COC(=O)/C=C\c2ccc(O)cc2)[C@@H](O)[C@H](O[C@@H]2O[C@@H](C)[C@H](O)[C@@H](O)[C@H]2O)[C@H]1O. The van der Waals surface area contributed by atoms with Crippen molar-refractivity contribution in [2.24, 2.45) is 0 Å². The molecule has 0 amide bonds. The van der Waals surface area contributed by atoms with Crippen LogP contribution in [0.3, 0.4) is 0 Å². The molecule has 1 aromatic rings. The van der Waals surface area contributed by atoms with Crippen molar-refractivity contribution in [3.63, 3.8) is 0 Å². The highest BCUT2D eigenvalue weighted by Gasteiger charge is 2.50. The number of hydrogen-bond donors (Lipinski definition) is 6. The Hall–Kier alpha value is -2.65. The Bertz CT molecular complexity index is 1110. The van der Waals surface area contributed by atoms with E-state index in [4.69, 9.17) is 23.7 Å². The molecule has 1 aromatic carbocycles. The molecular formula is C31H44O12. The Balaban J connectivity index is 1.69. The highest BCUT2D eigenvalue weighted by Crippen LogP contribution is 2.30. The topological polar surface area (TPSA) is 185 Å². The van der Waals surface area contributed by atoms with Crippen molar-refractivity contribution >= 4 is 12.0 Å². The number of benzene rings is 1. The van der Waals surface area contributed by atoms with Gasteiger partial charge >= 0.3 is 5.97 Å². The van der Waals surface area contributed by atoms with Crippen LogP contribution in [0.2, 0.25) is 0 Å². The number of aliphatic hydroxyl groups is 5. The van der Waals surface area contributed by atoms with Crippen molar-refractivity contribution < 1.29 is 59.1 Å². The summed E-state index contributed by atoms with van der Waals surface area (Å²) < 4.78 is 28.1. The molecule has 0 bridgehead atoms. The molecule has 43 heavy (non-hydrogen) atoms. The molecule has 10 atom stereocenters. The van der Waals surface area contributed by atoms with E-state index in [1.807, 2.05) is 26.8 Å². The lowest BCUT2D eigenvalue weighted by atomic mass is 9.97. The minimum absolute atomic E-state index is 0.0670. The molecule has 12 heteroatoms. The van der Waals surface area contributed by atoms with Crippen LogP contribution in [-0.2, 0) is 28.5 Å². The molecule has 2 saturated heterocycles. The minimum Gasteiger partial charge on any atom is -0.508 e. The number of aromatic hydroxyl groups is 1. The molecule has 6 N–H and O–H groups in total. The molecule has 2 aliphatic rings. The maximum absolute atomic E-state index is 12.4. The number of phenols is 1. The van der Waals surface area contributed by atoms with Crippen molar-refractivity contribution in [1.29, 1.82) is 0 Å². The highest BCUT2D eigenvalue weighted by atomic mass is 16.7. The zero-order valence-corrected chi connectivity index (χ0v) is 24.9. The largest absolute Gasteiger partial charge is 0.508 e. The third kappa shape index (κ3) is 10.2. The maximum Gasteiger partial charge on any atom is 0.330 e. The number of hydrogen-bond acceptors (Lipinski definition) is 12. The van der Waals surface area contributed by atoms with E-state index in [1.165, 1.54) is 36.8 Å². The highest BCUT2D eigenvalue weighted by molar-refractivity contribution is 5.87.